The highest BCUT2D eigenvalue weighted by atomic mass is 14.8. The number of nitriles is 1. The molecule has 0 unspecified atom stereocenters. The smallest absolute Gasteiger partial charge is 0.0991 e. The molecule has 36 heavy (non-hydrogen) atoms. The molecule has 0 radical (unpaired) electrons. The van der Waals surface area contributed by atoms with E-state index in [0.29, 0.717) is 0 Å². The molecule has 1 aliphatic carbocycles. The molecule has 0 saturated heterocycles. The Bertz CT molecular complexity index is 991. The average molecular weight is 484 g/mol. The highest BCUT2D eigenvalue weighted by molar-refractivity contribution is 5.87. The number of fused-ring (bicyclic) bond motifs is 1. The molecule has 3 rings (SSSR count). The van der Waals surface area contributed by atoms with Gasteiger partial charge in [0.1, 0.15) is 0 Å². The van der Waals surface area contributed by atoms with Gasteiger partial charge in [0, 0.05) is 12.3 Å². The summed E-state index contributed by atoms with van der Waals surface area (Å²) in [4.78, 5) is 5.10. The fourth-order valence-corrected chi connectivity index (χ4v) is 4.34. The lowest BCUT2D eigenvalue weighted by atomic mass is 9.93. The number of nitrogens with zero attached hydrogens (tertiary/aromatic N) is 2. The fraction of sp³-hybridized carbons (Fsp3) is 0.394. The van der Waals surface area contributed by atoms with E-state index >= 15 is 0 Å². The second kappa shape index (κ2) is 19.0. The predicted octanol–water partition coefficient (Wildman–Crippen LogP) is 9.04. The molecule has 0 fully saturated rings. The first-order valence-electron chi connectivity index (χ1n) is 13.3. The number of rotatable bonds is 12. The maximum Gasteiger partial charge on any atom is 0.0991 e. The summed E-state index contributed by atoms with van der Waals surface area (Å²) in [6.45, 7) is 18.4. The molecule has 0 heterocycles. The molecule has 0 saturated carbocycles. The van der Waals surface area contributed by atoms with Gasteiger partial charge in [-0.1, -0.05) is 56.5 Å². The first kappa shape index (κ1) is 30.8. The SMILES string of the molecule is C=C.C=C.CCCC(CCCCCCNCc1ccc(C#N)cc1)=Nc1ccc2c(c1C)C=CCC2. The molecule has 0 atom stereocenters. The molecular formula is C33H45N3. The van der Waals surface area contributed by atoms with Crippen LogP contribution in [-0.2, 0) is 13.0 Å². The minimum absolute atomic E-state index is 0.721. The Morgan fingerprint density at radius 3 is 2.39 bits per heavy atom. The van der Waals surface area contributed by atoms with Crippen molar-refractivity contribution in [1.82, 2.24) is 5.32 Å². The van der Waals surface area contributed by atoms with Crippen LogP contribution in [0.4, 0.5) is 5.69 Å². The molecule has 3 heteroatoms. The number of allylic oxidation sites excluding steroid dienone is 1. The van der Waals surface area contributed by atoms with Gasteiger partial charge in [0.05, 0.1) is 17.3 Å². The zero-order valence-electron chi connectivity index (χ0n) is 22.6. The summed E-state index contributed by atoms with van der Waals surface area (Å²) in [5, 5.41) is 12.4. The van der Waals surface area contributed by atoms with Crippen LogP contribution >= 0.6 is 0 Å². The van der Waals surface area contributed by atoms with E-state index in [2.05, 4.69) is 75.8 Å². The van der Waals surface area contributed by atoms with Gasteiger partial charge in [-0.15, -0.1) is 26.3 Å². The molecule has 1 N–H and O–H groups in total. The average Bonchev–Trinajstić information content (AvgIpc) is 2.94. The summed E-state index contributed by atoms with van der Waals surface area (Å²) < 4.78 is 0. The molecule has 1 aliphatic rings. The minimum atomic E-state index is 0.721. The van der Waals surface area contributed by atoms with Crippen molar-refractivity contribution < 1.29 is 0 Å². The summed E-state index contributed by atoms with van der Waals surface area (Å²) in [5.74, 6) is 0. The summed E-state index contributed by atoms with van der Waals surface area (Å²) in [6.07, 6.45) is 15.2. The van der Waals surface area contributed by atoms with Crippen molar-refractivity contribution in [3.63, 3.8) is 0 Å². The van der Waals surface area contributed by atoms with Gasteiger partial charge in [-0.2, -0.15) is 5.26 Å². The van der Waals surface area contributed by atoms with Crippen molar-refractivity contribution in [1.29, 1.82) is 5.26 Å². The van der Waals surface area contributed by atoms with Crippen molar-refractivity contribution in [3.05, 3.63) is 96.6 Å². The van der Waals surface area contributed by atoms with Crippen LogP contribution in [0.1, 0.15) is 86.1 Å². The molecule has 0 bridgehead atoms. The number of benzene rings is 2. The van der Waals surface area contributed by atoms with E-state index in [-0.39, 0.29) is 0 Å². The number of unbranched alkanes of at least 4 members (excludes halogenated alkanes) is 3. The van der Waals surface area contributed by atoms with E-state index in [4.69, 9.17) is 10.3 Å². The van der Waals surface area contributed by atoms with Crippen LogP contribution in [-0.4, -0.2) is 12.3 Å². The van der Waals surface area contributed by atoms with Crippen LogP contribution in [0.5, 0.6) is 0 Å². The number of aliphatic imine (C=N–C) groups is 1. The molecule has 3 nitrogen and oxygen atoms in total. The lowest BCUT2D eigenvalue weighted by Crippen LogP contribution is -2.14. The van der Waals surface area contributed by atoms with Gasteiger partial charge < -0.3 is 5.32 Å². The van der Waals surface area contributed by atoms with Crippen molar-refractivity contribution in [2.45, 2.75) is 78.2 Å². The van der Waals surface area contributed by atoms with E-state index in [9.17, 15) is 0 Å². The van der Waals surface area contributed by atoms with Crippen molar-refractivity contribution in [2.75, 3.05) is 6.54 Å². The van der Waals surface area contributed by atoms with Gasteiger partial charge in [-0.3, -0.25) is 4.99 Å². The zero-order chi connectivity index (χ0) is 26.6. The highest BCUT2D eigenvalue weighted by Crippen LogP contribution is 2.30. The second-order valence-electron chi connectivity index (χ2n) is 8.80. The molecule has 192 valence electrons. The van der Waals surface area contributed by atoms with Gasteiger partial charge in [-0.25, -0.2) is 0 Å². The third-order valence-electron chi connectivity index (χ3n) is 6.24. The van der Waals surface area contributed by atoms with Crippen LogP contribution in [0.15, 0.2) is 73.8 Å². The predicted molar refractivity (Wildman–Crippen MR) is 159 cm³/mol. The van der Waals surface area contributed by atoms with Gasteiger partial charge in [0.2, 0.25) is 0 Å². The third kappa shape index (κ3) is 10.6. The van der Waals surface area contributed by atoms with E-state index in [1.165, 1.54) is 53.6 Å². The Labute approximate surface area is 220 Å². The Kier molecular flexibility index (Phi) is 16.3. The van der Waals surface area contributed by atoms with Crippen molar-refractivity contribution in [2.24, 2.45) is 4.99 Å². The molecular weight excluding hydrogens is 438 g/mol. The van der Waals surface area contributed by atoms with Crippen LogP contribution in [0.25, 0.3) is 6.08 Å². The zero-order valence-corrected chi connectivity index (χ0v) is 22.6. The normalized spacial score (nSPS) is 11.9. The van der Waals surface area contributed by atoms with E-state index in [1.54, 1.807) is 0 Å². The Hall–Kier alpha value is -3.22. The van der Waals surface area contributed by atoms with E-state index < -0.39 is 0 Å². The second-order valence-corrected chi connectivity index (χ2v) is 8.80. The summed E-state index contributed by atoms with van der Waals surface area (Å²) in [7, 11) is 0. The maximum atomic E-state index is 8.86. The van der Waals surface area contributed by atoms with Crippen LogP contribution in [0, 0.1) is 18.3 Å². The molecule has 0 spiro atoms. The number of hydrogen-bond acceptors (Lipinski definition) is 3. The molecule has 0 aliphatic heterocycles. The van der Waals surface area contributed by atoms with Crippen LogP contribution in [0.2, 0.25) is 0 Å². The first-order valence-corrected chi connectivity index (χ1v) is 13.3. The van der Waals surface area contributed by atoms with Crippen molar-refractivity contribution in [3.8, 4) is 6.07 Å². The number of nitrogens with one attached hydrogen (secondary N) is 1. The number of aryl methyl sites for hydroxylation is 1. The fourth-order valence-electron chi connectivity index (χ4n) is 4.34. The van der Waals surface area contributed by atoms with E-state index in [0.717, 1.165) is 56.4 Å². The minimum Gasteiger partial charge on any atom is -0.313 e. The highest BCUT2D eigenvalue weighted by Gasteiger charge is 2.10. The van der Waals surface area contributed by atoms with Gasteiger partial charge in [0.25, 0.3) is 0 Å². The lowest BCUT2D eigenvalue weighted by molar-refractivity contribution is 0.591. The maximum absolute atomic E-state index is 8.86. The Morgan fingerprint density at radius 1 is 0.972 bits per heavy atom. The monoisotopic (exact) mass is 483 g/mol. The summed E-state index contributed by atoms with van der Waals surface area (Å²) >= 11 is 0. The standard InChI is InChI=1S/C29H37N3.2C2H4/c1-3-10-27(32-29-19-18-26-11-7-8-13-28(26)23(29)2)12-6-4-5-9-20-31-22-25-16-14-24(21-30)15-17-25;2*1-2/h8,13-19,31H,3-7,9-12,20,22H2,1-2H3;2*1-2H2. The molecule has 2 aromatic carbocycles. The summed E-state index contributed by atoms with van der Waals surface area (Å²) in [5.41, 5.74) is 8.66. The largest absolute Gasteiger partial charge is 0.313 e. The van der Waals surface area contributed by atoms with Crippen LogP contribution in [0.3, 0.4) is 0 Å². The molecule has 0 amide bonds. The topological polar surface area (TPSA) is 48.2 Å². The van der Waals surface area contributed by atoms with Crippen molar-refractivity contribution >= 4 is 17.5 Å². The van der Waals surface area contributed by atoms with E-state index in [1.807, 2.05) is 24.3 Å². The van der Waals surface area contributed by atoms with Crippen LogP contribution < -0.4 is 5.32 Å². The van der Waals surface area contributed by atoms with Gasteiger partial charge in [-0.05, 0) is 92.4 Å². The Morgan fingerprint density at radius 2 is 1.69 bits per heavy atom. The molecule has 2 aromatic rings. The first-order chi connectivity index (χ1) is 17.7. The quantitative estimate of drug-likeness (QED) is 0.186. The van der Waals surface area contributed by atoms with Gasteiger partial charge >= 0.3 is 0 Å². The number of hydrogen-bond donors (Lipinski definition) is 1. The molecule has 0 aromatic heterocycles. The summed E-state index contributed by atoms with van der Waals surface area (Å²) in [6, 6.07) is 14.5. The van der Waals surface area contributed by atoms with Gasteiger partial charge in [0.15, 0.2) is 0 Å². The Balaban J connectivity index is 0.00000154. The third-order valence-corrected chi connectivity index (χ3v) is 6.24. The lowest BCUT2D eigenvalue weighted by Gasteiger charge is -2.15.